The maximum Gasteiger partial charge on any atom is 0.319 e. The highest BCUT2D eigenvalue weighted by atomic mass is 19.1. The summed E-state index contributed by atoms with van der Waals surface area (Å²) < 4.78 is 20.8. The number of carboxylic acids is 1. The topological polar surface area (TPSA) is 87.7 Å². The van der Waals surface area contributed by atoms with Crippen molar-refractivity contribution in [2.45, 2.75) is 12.8 Å². The lowest BCUT2D eigenvalue weighted by Gasteiger charge is -2.14. The first-order chi connectivity index (χ1) is 15.4. The van der Waals surface area contributed by atoms with E-state index in [0.717, 1.165) is 5.56 Å². The normalized spacial score (nSPS) is 10.4. The Morgan fingerprint density at radius 2 is 1.84 bits per heavy atom. The van der Waals surface area contributed by atoms with E-state index in [9.17, 15) is 9.59 Å². The summed E-state index contributed by atoms with van der Waals surface area (Å²) in [6, 6.07) is 16.9. The molecule has 3 N–H and O–H groups in total. The molecule has 0 fully saturated rings. The number of urea groups is 1. The van der Waals surface area contributed by atoms with Gasteiger partial charge in [-0.15, -0.1) is 0 Å². The number of ether oxygens (including phenoxy) is 1. The number of rotatable bonds is 8. The Morgan fingerprint density at radius 1 is 1.09 bits per heavy atom. The molecule has 3 aromatic rings. The zero-order valence-corrected chi connectivity index (χ0v) is 17.5. The molecule has 32 heavy (non-hydrogen) atoms. The zero-order chi connectivity index (χ0) is 23.1. The third-order valence-corrected chi connectivity index (χ3v) is 4.81. The van der Waals surface area contributed by atoms with Gasteiger partial charge in [0.1, 0.15) is 19.4 Å². The molecular weight excluding hydrogens is 410 g/mol. The van der Waals surface area contributed by atoms with Crippen LogP contribution in [0.15, 0.2) is 60.7 Å². The fourth-order valence-electron chi connectivity index (χ4n) is 3.26. The Morgan fingerprint density at radius 3 is 2.50 bits per heavy atom. The second-order valence-corrected chi connectivity index (χ2v) is 7.14. The third-order valence-electron chi connectivity index (χ3n) is 4.81. The molecule has 0 spiro atoms. The average Bonchev–Trinajstić information content (AvgIpc) is 2.76. The first-order valence-corrected chi connectivity index (χ1v) is 9.94. The largest absolute Gasteiger partial charge is 0.496 e. The van der Waals surface area contributed by atoms with Crippen molar-refractivity contribution >= 4 is 31.0 Å². The van der Waals surface area contributed by atoms with E-state index in [1.54, 1.807) is 60.7 Å². The van der Waals surface area contributed by atoms with E-state index < -0.39 is 12.0 Å². The summed E-state index contributed by atoms with van der Waals surface area (Å²) in [5.41, 5.74) is 3.41. The molecule has 0 saturated heterocycles. The number of benzene rings is 3. The molecular formula is C24H22BFN2O4. The fourth-order valence-corrected chi connectivity index (χ4v) is 3.26. The van der Waals surface area contributed by atoms with Gasteiger partial charge in [-0.05, 0) is 34.9 Å². The SMILES string of the molecule is [B]c1cccc(-c2c(OC)ccc(Cc3ccc(NC(=O)NCCC(=O)O)cc3)c2F)c1. The van der Waals surface area contributed by atoms with Gasteiger partial charge in [0.05, 0.1) is 19.1 Å². The molecule has 0 unspecified atom stereocenters. The van der Waals surface area contributed by atoms with E-state index in [4.69, 9.17) is 17.7 Å². The number of anilines is 1. The van der Waals surface area contributed by atoms with Gasteiger partial charge in [0, 0.05) is 18.7 Å². The van der Waals surface area contributed by atoms with Crippen LogP contribution in [0.4, 0.5) is 14.9 Å². The molecule has 0 saturated carbocycles. The third kappa shape index (κ3) is 5.88. The van der Waals surface area contributed by atoms with Crippen molar-refractivity contribution in [2.75, 3.05) is 19.0 Å². The van der Waals surface area contributed by atoms with Crippen molar-refractivity contribution in [1.29, 1.82) is 0 Å². The first kappa shape index (κ1) is 22.9. The van der Waals surface area contributed by atoms with Gasteiger partial charge in [-0.2, -0.15) is 0 Å². The highest BCUT2D eigenvalue weighted by Gasteiger charge is 2.16. The van der Waals surface area contributed by atoms with E-state index in [1.165, 1.54) is 7.11 Å². The molecule has 3 rings (SSSR count). The van der Waals surface area contributed by atoms with Crippen LogP contribution in [0.3, 0.4) is 0 Å². The molecule has 0 aliphatic heterocycles. The number of carboxylic acid groups (broad SMARTS) is 1. The molecule has 8 heteroatoms. The number of hydrogen-bond acceptors (Lipinski definition) is 3. The van der Waals surface area contributed by atoms with Gasteiger partial charge < -0.3 is 20.5 Å². The smallest absolute Gasteiger partial charge is 0.319 e. The number of halogens is 1. The summed E-state index contributed by atoms with van der Waals surface area (Å²) in [7, 11) is 7.36. The average molecular weight is 432 g/mol. The van der Waals surface area contributed by atoms with Gasteiger partial charge in [0.2, 0.25) is 0 Å². The molecule has 2 radical (unpaired) electrons. The van der Waals surface area contributed by atoms with E-state index in [-0.39, 0.29) is 18.8 Å². The van der Waals surface area contributed by atoms with Gasteiger partial charge >= 0.3 is 12.0 Å². The Hall–Kier alpha value is -3.81. The molecule has 0 aliphatic carbocycles. The van der Waals surface area contributed by atoms with Crippen LogP contribution in [0.25, 0.3) is 11.1 Å². The maximum absolute atomic E-state index is 15.4. The van der Waals surface area contributed by atoms with E-state index in [2.05, 4.69) is 10.6 Å². The molecule has 0 aromatic heterocycles. The number of nitrogens with one attached hydrogen (secondary N) is 2. The Bertz CT molecular complexity index is 1120. The predicted octanol–water partition coefficient (Wildman–Crippen LogP) is 3.48. The number of aliphatic carboxylic acids is 1. The van der Waals surface area contributed by atoms with Crippen LogP contribution in [-0.4, -0.2) is 38.6 Å². The fraction of sp³-hybridized carbons (Fsp3) is 0.167. The molecule has 6 nitrogen and oxygen atoms in total. The first-order valence-electron chi connectivity index (χ1n) is 9.94. The van der Waals surface area contributed by atoms with Crippen LogP contribution >= 0.6 is 0 Å². The zero-order valence-electron chi connectivity index (χ0n) is 17.5. The van der Waals surface area contributed by atoms with Crippen LogP contribution in [0, 0.1) is 5.82 Å². The monoisotopic (exact) mass is 432 g/mol. The van der Waals surface area contributed by atoms with E-state index in [1.807, 2.05) is 0 Å². The van der Waals surface area contributed by atoms with Gasteiger partial charge in [-0.3, -0.25) is 4.79 Å². The molecule has 3 aromatic carbocycles. The highest BCUT2D eigenvalue weighted by Crippen LogP contribution is 2.34. The lowest BCUT2D eigenvalue weighted by atomic mass is 9.90. The van der Waals surface area contributed by atoms with E-state index in [0.29, 0.717) is 40.0 Å². The summed E-state index contributed by atoms with van der Waals surface area (Å²) in [5.74, 6) is -0.945. The van der Waals surface area contributed by atoms with Crippen LogP contribution in [0.2, 0.25) is 0 Å². The van der Waals surface area contributed by atoms with Gasteiger partial charge in [-0.1, -0.05) is 47.9 Å². The number of amides is 2. The summed E-state index contributed by atoms with van der Waals surface area (Å²) in [6.07, 6.45) is 0.188. The Labute approximate surface area is 186 Å². The lowest BCUT2D eigenvalue weighted by molar-refractivity contribution is -0.136. The minimum absolute atomic E-state index is 0.0331. The van der Waals surface area contributed by atoms with Crippen LogP contribution < -0.4 is 20.8 Å². The minimum Gasteiger partial charge on any atom is -0.496 e. The molecule has 162 valence electrons. The van der Waals surface area contributed by atoms with Crippen molar-refractivity contribution < 1.29 is 23.8 Å². The van der Waals surface area contributed by atoms with Crippen molar-refractivity contribution in [3.8, 4) is 16.9 Å². The summed E-state index contributed by atoms with van der Waals surface area (Å²) in [6.45, 7) is 0.0331. The molecule has 0 heterocycles. The molecule has 2 amide bonds. The second kappa shape index (κ2) is 10.5. The van der Waals surface area contributed by atoms with Gasteiger partial charge in [0.15, 0.2) is 0 Å². The van der Waals surface area contributed by atoms with Crippen LogP contribution in [0.5, 0.6) is 5.75 Å². The number of methoxy groups -OCH3 is 1. The molecule has 0 atom stereocenters. The quantitative estimate of drug-likeness (QED) is 0.476. The number of carbonyl (C=O) groups is 2. The van der Waals surface area contributed by atoms with E-state index >= 15 is 4.39 Å². The second-order valence-electron chi connectivity index (χ2n) is 7.14. The number of hydrogen-bond donors (Lipinski definition) is 3. The predicted molar refractivity (Wildman–Crippen MR) is 122 cm³/mol. The van der Waals surface area contributed by atoms with Gasteiger partial charge in [-0.25, -0.2) is 9.18 Å². The van der Waals surface area contributed by atoms with Gasteiger partial charge in [0.25, 0.3) is 0 Å². The highest BCUT2D eigenvalue weighted by molar-refractivity contribution is 6.32. The minimum atomic E-state index is -0.987. The summed E-state index contributed by atoms with van der Waals surface area (Å²) in [4.78, 5) is 22.3. The van der Waals surface area contributed by atoms with Crippen molar-refractivity contribution in [3.63, 3.8) is 0 Å². The van der Waals surface area contributed by atoms with Crippen molar-refractivity contribution in [1.82, 2.24) is 5.32 Å². The molecule has 0 aliphatic rings. The van der Waals surface area contributed by atoms with Crippen LogP contribution in [0.1, 0.15) is 17.5 Å². The lowest BCUT2D eigenvalue weighted by Crippen LogP contribution is -2.30. The summed E-state index contributed by atoms with van der Waals surface area (Å²) in [5, 5.41) is 13.7. The van der Waals surface area contributed by atoms with Crippen molar-refractivity contribution in [2.24, 2.45) is 0 Å². The standard InChI is InChI=1S/C24H22BFN2O4/c1-32-20-10-7-17(23(26)22(20)16-3-2-4-18(25)14-16)13-15-5-8-19(9-6-15)28-24(31)27-12-11-21(29)30/h2-10,14H,11-13H2,1H3,(H,29,30)(H2,27,28,31). The van der Waals surface area contributed by atoms with Crippen molar-refractivity contribution in [3.05, 3.63) is 77.6 Å². The maximum atomic E-state index is 15.4. The molecule has 0 bridgehead atoms. The Balaban J connectivity index is 1.74. The number of carbonyl (C=O) groups excluding carboxylic acids is 1. The summed E-state index contributed by atoms with van der Waals surface area (Å²) >= 11 is 0. The van der Waals surface area contributed by atoms with Crippen LogP contribution in [-0.2, 0) is 11.2 Å². The Kier molecular flexibility index (Phi) is 7.49.